The van der Waals surface area contributed by atoms with Crippen molar-refractivity contribution >= 4 is 6.29 Å². The van der Waals surface area contributed by atoms with Crippen molar-refractivity contribution in [1.82, 2.24) is 0 Å². The minimum absolute atomic E-state index is 0.274. The topological polar surface area (TPSA) is 37.3 Å². The summed E-state index contributed by atoms with van der Waals surface area (Å²) in [6.07, 6.45) is 1.25. The summed E-state index contributed by atoms with van der Waals surface area (Å²) in [4.78, 5) is 9.61. The van der Waals surface area contributed by atoms with E-state index in [1.54, 1.807) is 0 Å². The van der Waals surface area contributed by atoms with Gasteiger partial charge in [-0.3, -0.25) is 0 Å². The average Bonchev–Trinajstić information content (AvgIpc) is 1.68. The molecule has 0 spiro atoms. The Balaban J connectivity index is 2.98. The highest BCUT2D eigenvalue weighted by molar-refractivity contribution is 5.49. The van der Waals surface area contributed by atoms with Crippen molar-refractivity contribution in [2.24, 2.45) is 0 Å². The first-order chi connectivity index (χ1) is 3.31. The first kappa shape index (κ1) is 6.63. The summed E-state index contributed by atoms with van der Waals surface area (Å²) in [5, 5.41) is 8.63. The van der Waals surface area contributed by atoms with Gasteiger partial charge in [0.2, 0.25) is 0 Å². The number of aliphatic hydroxyl groups is 1. The molecule has 0 saturated heterocycles. The average molecular weight is 102 g/mol. The van der Waals surface area contributed by atoms with E-state index in [1.807, 2.05) is 6.92 Å². The van der Waals surface area contributed by atoms with Crippen molar-refractivity contribution < 1.29 is 9.90 Å². The van der Waals surface area contributed by atoms with Crippen molar-refractivity contribution in [1.29, 1.82) is 0 Å². The van der Waals surface area contributed by atoms with E-state index < -0.39 is 6.10 Å². The minimum atomic E-state index is -0.419. The van der Waals surface area contributed by atoms with Crippen LogP contribution in [0.3, 0.4) is 0 Å². The molecule has 0 amide bonds. The van der Waals surface area contributed by atoms with E-state index in [0.717, 1.165) is 6.29 Å². The molecule has 0 aliphatic heterocycles. The maximum absolute atomic E-state index is 9.61. The lowest BCUT2D eigenvalue weighted by Crippen LogP contribution is -2.03. The Kier molecular flexibility index (Phi) is 3.61. The van der Waals surface area contributed by atoms with Gasteiger partial charge in [0, 0.05) is 6.42 Å². The summed E-state index contributed by atoms with van der Waals surface area (Å²) >= 11 is 0. The van der Waals surface area contributed by atoms with Crippen LogP contribution in [-0.2, 0) is 4.79 Å². The van der Waals surface area contributed by atoms with Gasteiger partial charge < -0.3 is 9.90 Å². The van der Waals surface area contributed by atoms with Crippen LogP contribution in [0.4, 0.5) is 0 Å². The van der Waals surface area contributed by atoms with Crippen molar-refractivity contribution in [3.8, 4) is 0 Å². The second-order valence-electron chi connectivity index (χ2n) is 1.46. The van der Waals surface area contributed by atoms with Crippen LogP contribution in [-0.4, -0.2) is 17.5 Å². The van der Waals surface area contributed by atoms with Crippen molar-refractivity contribution in [2.75, 3.05) is 0 Å². The van der Waals surface area contributed by atoms with E-state index in [2.05, 4.69) is 0 Å². The van der Waals surface area contributed by atoms with Crippen LogP contribution < -0.4 is 0 Å². The van der Waals surface area contributed by atoms with E-state index in [0.29, 0.717) is 6.42 Å². The van der Waals surface area contributed by atoms with Crippen LogP contribution in [0.1, 0.15) is 19.8 Å². The summed E-state index contributed by atoms with van der Waals surface area (Å²) in [6.45, 7) is 1.84. The first-order valence-electron chi connectivity index (χ1n) is 2.43. The fourth-order valence-electron chi connectivity index (χ4n) is 0.278. The molecule has 0 aromatic rings. The molecule has 1 N–H and O–H groups in total. The Hall–Kier alpha value is -0.370. The molecule has 0 fully saturated rings. The van der Waals surface area contributed by atoms with Gasteiger partial charge >= 0.3 is 0 Å². The van der Waals surface area contributed by atoms with Crippen LogP contribution in [0.25, 0.3) is 0 Å². The summed E-state index contributed by atoms with van der Waals surface area (Å²) in [7, 11) is 0. The molecule has 0 radical (unpaired) electrons. The molecule has 42 valence electrons. The summed E-state index contributed by atoms with van der Waals surface area (Å²) < 4.78 is 0. The van der Waals surface area contributed by atoms with E-state index in [9.17, 15) is 4.79 Å². The normalized spacial score (nSPS) is 13.4. The van der Waals surface area contributed by atoms with Gasteiger partial charge in [-0.25, -0.2) is 0 Å². The molecule has 0 aromatic heterocycles. The van der Waals surface area contributed by atoms with Gasteiger partial charge in [0.15, 0.2) is 0 Å². The van der Waals surface area contributed by atoms with Gasteiger partial charge in [0.25, 0.3) is 0 Å². The predicted octanol–water partition coefficient (Wildman–Crippen LogP) is 0.346. The Labute approximate surface area is 43.2 Å². The van der Waals surface area contributed by atoms with E-state index in [-0.39, 0.29) is 6.42 Å². The van der Waals surface area contributed by atoms with Crippen LogP contribution in [0, 0.1) is 0 Å². The van der Waals surface area contributed by atoms with Crippen LogP contribution >= 0.6 is 0 Å². The van der Waals surface area contributed by atoms with Crippen molar-refractivity contribution in [3.63, 3.8) is 0 Å². The SMILES string of the molecule is CC[C@H](O)CC=O. The Morgan fingerprint density at radius 1 is 1.86 bits per heavy atom. The van der Waals surface area contributed by atoms with Gasteiger partial charge in [0.05, 0.1) is 6.10 Å². The van der Waals surface area contributed by atoms with Crippen molar-refractivity contribution in [3.05, 3.63) is 0 Å². The maximum atomic E-state index is 9.61. The standard InChI is InChI=1S/C5H10O2/c1-2-5(7)3-4-6/h4-5,7H,2-3H2,1H3/t5-/m0/s1. The molecule has 2 heteroatoms. The third-order valence-corrected chi connectivity index (χ3v) is 0.840. The molecule has 2 nitrogen and oxygen atoms in total. The number of rotatable bonds is 3. The van der Waals surface area contributed by atoms with Gasteiger partial charge in [-0.05, 0) is 6.42 Å². The number of hydrogen-bond acceptors (Lipinski definition) is 2. The Morgan fingerprint density at radius 2 is 2.43 bits per heavy atom. The van der Waals surface area contributed by atoms with Crippen LogP contribution in [0.5, 0.6) is 0 Å². The fraction of sp³-hybridized carbons (Fsp3) is 0.800. The highest BCUT2D eigenvalue weighted by Gasteiger charge is 1.95. The highest BCUT2D eigenvalue weighted by atomic mass is 16.3. The summed E-state index contributed by atoms with van der Waals surface area (Å²) in [5.74, 6) is 0. The van der Waals surface area contributed by atoms with Gasteiger partial charge in [-0.2, -0.15) is 0 Å². The minimum Gasteiger partial charge on any atom is -0.393 e. The smallest absolute Gasteiger partial charge is 0.122 e. The molecule has 0 bridgehead atoms. The molecule has 7 heavy (non-hydrogen) atoms. The molecule has 1 atom stereocenters. The molecule has 0 saturated carbocycles. The number of aldehydes is 1. The second kappa shape index (κ2) is 3.81. The van der Waals surface area contributed by atoms with Gasteiger partial charge in [-0.1, -0.05) is 6.92 Å². The quantitative estimate of drug-likeness (QED) is 0.522. The molecule has 0 heterocycles. The lowest BCUT2D eigenvalue weighted by Gasteiger charge is -1.97. The highest BCUT2D eigenvalue weighted by Crippen LogP contribution is 1.90. The molecule has 0 aromatic carbocycles. The summed E-state index contributed by atoms with van der Waals surface area (Å²) in [6, 6.07) is 0. The zero-order valence-electron chi connectivity index (χ0n) is 4.42. The van der Waals surface area contributed by atoms with Crippen LogP contribution in [0.2, 0.25) is 0 Å². The molecule has 0 aliphatic rings. The Morgan fingerprint density at radius 3 is 2.57 bits per heavy atom. The monoisotopic (exact) mass is 102 g/mol. The lowest BCUT2D eigenvalue weighted by atomic mass is 10.2. The largest absolute Gasteiger partial charge is 0.393 e. The number of carbonyl (C=O) groups excluding carboxylic acids is 1. The third-order valence-electron chi connectivity index (χ3n) is 0.840. The lowest BCUT2D eigenvalue weighted by molar-refractivity contribution is -0.109. The predicted molar refractivity (Wildman–Crippen MR) is 27.0 cm³/mol. The molecule has 0 unspecified atom stereocenters. The van der Waals surface area contributed by atoms with E-state index in [4.69, 9.17) is 5.11 Å². The summed E-state index contributed by atoms with van der Waals surface area (Å²) in [5.41, 5.74) is 0. The number of hydrogen-bond donors (Lipinski definition) is 1. The van der Waals surface area contributed by atoms with Gasteiger partial charge in [0.1, 0.15) is 6.29 Å². The van der Waals surface area contributed by atoms with E-state index in [1.165, 1.54) is 0 Å². The number of carbonyl (C=O) groups is 1. The molecule has 0 rings (SSSR count). The number of aliphatic hydroxyl groups excluding tert-OH is 1. The van der Waals surface area contributed by atoms with Crippen LogP contribution in [0.15, 0.2) is 0 Å². The zero-order chi connectivity index (χ0) is 5.70. The molecule has 0 aliphatic carbocycles. The second-order valence-corrected chi connectivity index (χ2v) is 1.46. The first-order valence-corrected chi connectivity index (χ1v) is 2.43. The fourth-order valence-corrected chi connectivity index (χ4v) is 0.278. The van der Waals surface area contributed by atoms with Crippen molar-refractivity contribution in [2.45, 2.75) is 25.9 Å². The van der Waals surface area contributed by atoms with Gasteiger partial charge in [-0.15, -0.1) is 0 Å². The Bertz CT molecular complexity index is 52.0. The van der Waals surface area contributed by atoms with E-state index >= 15 is 0 Å². The zero-order valence-corrected chi connectivity index (χ0v) is 4.42. The molecular weight excluding hydrogens is 92.1 g/mol. The molecular formula is C5H10O2. The maximum Gasteiger partial charge on any atom is 0.122 e. The third kappa shape index (κ3) is 3.46.